The van der Waals surface area contributed by atoms with Gasteiger partial charge in [-0.05, 0) is 30.3 Å². The van der Waals surface area contributed by atoms with Crippen LogP contribution in [0.5, 0.6) is 17.2 Å². The maximum atomic E-state index is 12.1. The zero-order valence-corrected chi connectivity index (χ0v) is 18.1. The number of carbonyl (C=O) groups excluding carboxylic acids is 2. The molecule has 1 aromatic heterocycles. The minimum absolute atomic E-state index is 0.266. The molecule has 32 heavy (non-hydrogen) atoms. The average Bonchev–Trinajstić information content (AvgIpc) is 3.29. The molecule has 0 saturated heterocycles. The number of para-hydroxylation sites is 1. The maximum Gasteiger partial charge on any atom is 0.344 e. The van der Waals surface area contributed by atoms with Gasteiger partial charge in [0, 0.05) is 10.9 Å². The van der Waals surface area contributed by atoms with Gasteiger partial charge >= 0.3 is 5.97 Å². The highest BCUT2D eigenvalue weighted by molar-refractivity contribution is 7.14. The number of benzene rings is 2. The number of anilines is 1. The van der Waals surface area contributed by atoms with E-state index in [2.05, 4.69) is 10.3 Å². The van der Waals surface area contributed by atoms with Gasteiger partial charge < -0.3 is 18.9 Å². The van der Waals surface area contributed by atoms with Gasteiger partial charge in [0.05, 0.1) is 25.5 Å². The number of carbonyl (C=O) groups is 2. The van der Waals surface area contributed by atoms with Crippen LogP contribution in [0.1, 0.15) is 5.56 Å². The van der Waals surface area contributed by atoms with Gasteiger partial charge in [0.1, 0.15) is 11.8 Å². The number of aromatic nitrogens is 1. The summed E-state index contributed by atoms with van der Waals surface area (Å²) >= 11 is 1.23. The van der Waals surface area contributed by atoms with E-state index in [0.29, 0.717) is 27.9 Å². The van der Waals surface area contributed by atoms with E-state index in [9.17, 15) is 9.59 Å². The normalized spacial score (nSPS) is 10.0. The van der Waals surface area contributed by atoms with Crippen LogP contribution in [0, 0.1) is 11.3 Å². The van der Waals surface area contributed by atoms with Crippen molar-refractivity contribution in [2.75, 3.05) is 32.8 Å². The first-order valence-electron chi connectivity index (χ1n) is 9.29. The topological polar surface area (TPSA) is 120 Å². The van der Waals surface area contributed by atoms with E-state index in [1.165, 1.54) is 11.3 Å². The smallest absolute Gasteiger partial charge is 0.344 e. The first-order chi connectivity index (χ1) is 15.5. The van der Waals surface area contributed by atoms with Crippen LogP contribution in [0.3, 0.4) is 0 Å². The highest BCUT2D eigenvalue weighted by Gasteiger charge is 2.13. The lowest BCUT2D eigenvalue weighted by Crippen LogP contribution is -2.23. The van der Waals surface area contributed by atoms with Crippen molar-refractivity contribution in [2.24, 2.45) is 0 Å². The van der Waals surface area contributed by atoms with E-state index in [-0.39, 0.29) is 5.75 Å². The van der Waals surface area contributed by atoms with Gasteiger partial charge in [0.2, 0.25) is 0 Å². The predicted molar refractivity (Wildman–Crippen MR) is 117 cm³/mol. The molecule has 1 heterocycles. The van der Waals surface area contributed by atoms with Crippen LogP contribution in [0.25, 0.3) is 11.3 Å². The maximum absolute atomic E-state index is 12.1. The SMILES string of the molecule is COc1ccc(-c2csc(NC(=O)COC(=O)COc3ccccc3C#N)n2)cc1OC. The first kappa shape index (κ1) is 22.6. The number of ether oxygens (including phenoxy) is 4. The lowest BCUT2D eigenvalue weighted by molar-refractivity contribution is -0.149. The molecule has 164 valence electrons. The molecule has 0 bridgehead atoms. The number of nitrogens with zero attached hydrogens (tertiary/aromatic N) is 2. The summed E-state index contributed by atoms with van der Waals surface area (Å²) in [5.74, 6) is 0.154. The van der Waals surface area contributed by atoms with Crippen molar-refractivity contribution < 1.29 is 28.5 Å². The standard InChI is InChI=1S/C22H19N3O6S/c1-28-18-8-7-14(9-19(18)29-2)16-13-32-22(24-16)25-20(26)11-31-21(27)12-30-17-6-4-3-5-15(17)10-23/h3-9,13H,11-12H2,1-2H3,(H,24,25,26). The monoisotopic (exact) mass is 453 g/mol. The molecule has 0 spiro atoms. The van der Waals surface area contributed by atoms with Gasteiger partial charge in [-0.15, -0.1) is 11.3 Å². The van der Waals surface area contributed by atoms with Crippen molar-refractivity contribution in [1.82, 2.24) is 4.98 Å². The van der Waals surface area contributed by atoms with E-state index in [1.807, 2.05) is 12.1 Å². The lowest BCUT2D eigenvalue weighted by Gasteiger charge is -2.08. The molecule has 1 N–H and O–H groups in total. The molecule has 0 atom stereocenters. The summed E-state index contributed by atoms with van der Waals surface area (Å²) in [7, 11) is 3.10. The number of hydrogen-bond donors (Lipinski definition) is 1. The second kappa shape index (κ2) is 10.8. The van der Waals surface area contributed by atoms with Crippen molar-refractivity contribution in [3.8, 4) is 34.6 Å². The third-order valence-electron chi connectivity index (χ3n) is 4.15. The van der Waals surface area contributed by atoms with Crippen LogP contribution in [0.2, 0.25) is 0 Å². The fourth-order valence-corrected chi connectivity index (χ4v) is 3.36. The number of nitrogens with one attached hydrogen (secondary N) is 1. The molecule has 0 radical (unpaired) electrons. The number of rotatable bonds is 9. The molecule has 0 unspecified atom stereocenters. The number of esters is 1. The fraction of sp³-hybridized carbons (Fsp3) is 0.182. The van der Waals surface area contributed by atoms with E-state index in [1.54, 1.807) is 56.0 Å². The quantitative estimate of drug-likeness (QED) is 0.490. The van der Waals surface area contributed by atoms with Crippen molar-refractivity contribution in [3.05, 3.63) is 53.4 Å². The Kier molecular flexibility index (Phi) is 7.61. The molecular weight excluding hydrogens is 434 g/mol. The zero-order valence-electron chi connectivity index (χ0n) is 17.3. The summed E-state index contributed by atoms with van der Waals surface area (Å²) < 4.78 is 20.7. The van der Waals surface area contributed by atoms with E-state index in [0.717, 1.165) is 5.56 Å². The van der Waals surface area contributed by atoms with E-state index < -0.39 is 25.1 Å². The van der Waals surface area contributed by atoms with Gasteiger partial charge in [-0.2, -0.15) is 5.26 Å². The van der Waals surface area contributed by atoms with Gasteiger partial charge in [-0.25, -0.2) is 9.78 Å². The van der Waals surface area contributed by atoms with Crippen LogP contribution in [-0.2, 0) is 14.3 Å². The third-order valence-corrected chi connectivity index (χ3v) is 4.90. The minimum Gasteiger partial charge on any atom is -0.493 e. The minimum atomic E-state index is -0.738. The fourth-order valence-electron chi connectivity index (χ4n) is 2.62. The summed E-state index contributed by atoms with van der Waals surface area (Å²) in [5.41, 5.74) is 1.74. The molecule has 0 aliphatic rings. The Balaban J connectivity index is 1.50. The average molecular weight is 453 g/mol. The Morgan fingerprint density at radius 1 is 1.06 bits per heavy atom. The van der Waals surface area contributed by atoms with Gasteiger partial charge in [-0.1, -0.05) is 12.1 Å². The highest BCUT2D eigenvalue weighted by Crippen LogP contribution is 2.33. The van der Waals surface area contributed by atoms with E-state index in [4.69, 9.17) is 24.2 Å². The molecule has 9 nitrogen and oxygen atoms in total. The number of nitriles is 1. The predicted octanol–water partition coefficient (Wildman–Crippen LogP) is 3.26. The van der Waals surface area contributed by atoms with Gasteiger partial charge in [-0.3, -0.25) is 10.1 Å². The molecular formula is C22H19N3O6S. The van der Waals surface area contributed by atoms with Crippen molar-refractivity contribution >= 4 is 28.3 Å². The first-order valence-corrected chi connectivity index (χ1v) is 10.2. The van der Waals surface area contributed by atoms with Crippen molar-refractivity contribution in [3.63, 3.8) is 0 Å². The Morgan fingerprint density at radius 2 is 1.84 bits per heavy atom. The van der Waals surface area contributed by atoms with Crippen LogP contribution in [-0.4, -0.2) is 44.3 Å². The summed E-state index contributed by atoms with van der Waals surface area (Å²) in [6.45, 7) is -0.917. The number of methoxy groups -OCH3 is 2. The lowest BCUT2D eigenvalue weighted by atomic mass is 10.1. The number of hydrogen-bond acceptors (Lipinski definition) is 9. The van der Waals surface area contributed by atoms with Crippen LogP contribution in [0.4, 0.5) is 5.13 Å². The highest BCUT2D eigenvalue weighted by atomic mass is 32.1. The molecule has 10 heteroatoms. The molecule has 1 amide bonds. The Bertz CT molecular complexity index is 1150. The summed E-state index contributed by atoms with van der Waals surface area (Å²) in [6, 6.07) is 13.8. The molecule has 0 aliphatic heterocycles. The summed E-state index contributed by atoms with van der Waals surface area (Å²) in [4.78, 5) is 28.3. The third kappa shape index (κ3) is 5.74. The largest absolute Gasteiger partial charge is 0.493 e. The van der Waals surface area contributed by atoms with Gasteiger partial charge in [0.15, 0.2) is 29.8 Å². The molecule has 3 aromatic rings. The second-order valence-corrected chi connectivity index (χ2v) is 7.07. The second-order valence-electron chi connectivity index (χ2n) is 6.21. The molecule has 0 fully saturated rings. The van der Waals surface area contributed by atoms with Crippen LogP contribution >= 0.6 is 11.3 Å². The summed E-state index contributed by atoms with van der Waals surface area (Å²) in [6.07, 6.45) is 0. The van der Waals surface area contributed by atoms with Crippen molar-refractivity contribution in [1.29, 1.82) is 5.26 Å². The number of amides is 1. The molecule has 0 saturated carbocycles. The van der Waals surface area contributed by atoms with Crippen LogP contribution < -0.4 is 19.5 Å². The van der Waals surface area contributed by atoms with Crippen molar-refractivity contribution in [2.45, 2.75) is 0 Å². The Morgan fingerprint density at radius 3 is 2.59 bits per heavy atom. The van der Waals surface area contributed by atoms with Gasteiger partial charge in [0.25, 0.3) is 5.91 Å². The Labute approximate surface area is 188 Å². The van der Waals surface area contributed by atoms with Crippen LogP contribution in [0.15, 0.2) is 47.8 Å². The molecule has 0 aliphatic carbocycles. The summed E-state index contributed by atoms with van der Waals surface area (Å²) in [5, 5.41) is 13.7. The number of thiazole rings is 1. The Hall–Kier alpha value is -4.10. The van der Waals surface area contributed by atoms with E-state index >= 15 is 0 Å². The zero-order chi connectivity index (χ0) is 22.9. The molecule has 2 aromatic carbocycles. The molecule has 3 rings (SSSR count).